The van der Waals surface area contributed by atoms with Gasteiger partial charge in [-0.2, -0.15) is 5.26 Å². The highest BCUT2D eigenvalue weighted by Crippen LogP contribution is 2.28. The Morgan fingerprint density at radius 3 is 2.61 bits per heavy atom. The van der Waals surface area contributed by atoms with Crippen molar-refractivity contribution in [2.24, 2.45) is 0 Å². The molecule has 1 aromatic rings. The molecule has 0 unspecified atom stereocenters. The maximum atomic E-state index is 13.2. The largest absolute Gasteiger partial charge is 0.488 e. The van der Waals surface area contributed by atoms with Crippen molar-refractivity contribution in [3.05, 3.63) is 24.5 Å². The second-order valence-electron chi connectivity index (χ2n) is 8.13. The van der Waals surface area contributed by atoms with Crippen LogP contribution < -0.4 is 4.74 Å². The number of nitriles is 1. The zero-order chi connectivity index (χ0) is 20.3. The van der Waals surface area contributed by atoms with Gasteiger partial charge in [0.15, 0.2) is 0 Å². The summed E-state index contributed by atoms with van der Waals surface area (Å²) in [5.74, 6) is 0.420. The number of likely N-dealkylation sites (tertiary alicyclic amines) is 2. The Balaban J connectivity index is 1.78. The monoisotopic (exact) mass is 386 g/mol. The van der Waals surface area contributed by atoms with Gasteiger partial charge in [0.1, 0.15) is 29.5 Å². The normalized spacial score (nSPS) is 24.7. The zero-order valence-electron chi connectivity index (χ0n) is 16.5. The van der Waals surface area contributed by atoms with Crippen LogP contribution in [0.25, 0.3) is 0 Å². The molecule has 2 saturated heterocycles. The van der Waals surface area contributed by atoms with Gasteiger partial charge in [0.2, 0.25) is 5.91 Å². The van der Waals surface area contributed by atoms with E-state index in [4.69, 9.17) is 9.47 Å². The molecular weight excluding hydrogens is 360 g/mol. The first-order chi connectivity index (χ1) is 13.3. The molecule has 8 heteroatoms. The molecule has 0 aromatic carbocycles. The van der Waals surface area contributed by atoms with Crippen LogP contribution in [-0.2, 0) is 9.53 Å². The summed E-state index contributed by atoms with van der Waals surface area (Å²) in [6.45, 7) is 6.14. The maximum Gasteiger partial charge on any atom is 0.411 e. The SMILES string of the molecule is CC(C)(C)OC(=O)N1C[C@@H](Oc2ccncc2)C[C@H]1C(=O)N1CCC[C@H]1C#N. The number of amides is 2. The molecular formula is C20H26N4O4. The fourth-order valence-corrected chi connectivity index (χ4v) is 3.60. The lowest BCUT2D eigenvalue weighted by Crippen LogP contribution is -2.50. The molecule has 28 heavy (non-hydrogen) atoms. The number of rotatable bonds is 3. The number of hydrogen-bond acceptors (Lipinski definition) is 6. The van der Waals surface area contributed by atoms with Crippen molar-refractivity contribution in [1.82, 2.24) is 14.8 Å². The number of aromatic nitrogens is 1. The summed E-state index contributed by atoms with van der Waals surface area (Å²) in [7, 11) is 0. The average Bonchev–Trinajstić information content (AvgIpc) is 3.27. The Bertz CT molecular complexity index is 756. The second-order valence-corrected chi connectivity index (χ2v) is 8.13. The van der Waals surface area contributed by atoms with E-state index in [9.17, 15) is 14.9 Å². The van der Waals surface area contributed by atoms with Crippen LogP contribution in [0, 0.1) is 11.3 Å². The molecule has 3 rings (SSSR count). The molecule has 0 spiro atoms. The zero-order valence-corrected chi connectivity index (χ0v) is 16.5. The molecule has 0 saturated carbocycles. The minimum absolute atomic E-state index is 0.212. The molecule has 0 radical (unpaired) electrons. The minimum Gasteiger partial charge on any atom is -0.488 e. The Morgan fingerprint density at radius 2 is 1.96 bits per heavy atom. The maximum absolute atomic E-state index is 13.2. The third kappa shape index (κ3) is 4.53. The smallest absolute Gasteiger partial charge is 0.411 e. The highest BCUT2D eigenvalue weighted by Gasteiger charge is 2.45. The standard InChI is InChI=1S/C20H26N4O4/c1-20(2,3)28-19(26)24-13-16(27-15-6-8-22-9-7-15)11-17(24)18(25)23-10-4-5-14(23)12-21/h6-9,14,16-17H,4-5,10-11,13H2,1-3H3/t14-,16-,17-/m0/s1. The Morgan fingerprint density at radius 1 is 1.25 bits per heavy atom. The quantitative estimate of drug-likeness (QED) is 0.791. The Kier molecular flexibility index (Phi) is 5.73. The lowest BCUT2D eigenvalue weighted by Gasteiger charge is -2.30. The van der Waals surface area contributed by atoms with E-state index in [0.29, 0.717) is 25.1 Å². The first kappa shape index (κ1) is 19.9. The molecule has 3 heterocycles. The number of ether oxygens (including phenoxy) is 2. The van der Waals surface area contributed by atoms with Crippen molar-refractivity contribution in [2.75, 3.05) is 13.1 Å². The topological polar surface area (TPSA) is 95.8 Å². The average molecular weight is 386 g/mol. The van der Waals surface area contributed by atoms with Crippen LogP contribution in [-0.4, -0.2) is 63.7 Å². The number of carbonyl (C=O) groups excluding carboxylic acids is 2. The summed E-state index contributed by atoms with van der Waals surface area (Å²) < 4.78 is 11.5. The number of nitrogens with zero attached hydrogens (tertiary/aromatic N) is 4. The molecule has 8 nitrogen and oxygen atoms in total. The van der Waals surface area contributed by atoms with Gasteiger partial charge in [0, 0.05) is 25.4 Å². The van der Waals surface area contributed by atoms with Gasteiger partial charge in [-0.25, -0.2) is 4.79 Å². The molecule has 0 N–H and O–H groups in total. The lowest BCUT2D eigenvalue weighted by molar-refractivity contribution is -0.135. The van der Waals surface area contributed by atoms with E-state index in [-0.39, 0.29) is 18.6 Å². The van der Waals surface area contributed by atoms with Gasteiger partial charge in [-0.15, -0.1) is 0 Å². The second kappa shape index (κ2) is 8.05. The molecule has 1 aromatic heterocycles. The number of pyridine rings is 1. The lowest BCUT2D eigenvalue weighted by atomic mass is 10.1. The summed E-state index contributed by atoms with van der Waals surface area (Å²) >= 11 is 0. The van der Waals surface area contributed by atoms with Gasteiger partial charge in [0.25, 0.3) is 0 Å². The predicted octanol–water partition coefficient (Wildman–Crippen LogP) is 2.35. The first-order valence-electron chi connectivity index (χ1n) is 9.55. The van der Waals surface area contributed by atoms with Crippen molar-refractivity contribution in [2.45, 2.75) is 63.8 Å². The highest BCUT2D eigenvalue weighted by atomic mass is 16.6. The van der Waals surface area contributed by atoms with Crippen LogP contribution in [0.2, 0.25) is 0 Å². The Hall–Kier alpha value is -2.82. The van der Waals surface area contributed by atoms with Gasteiger partial charge in [-0.3, -0.25) is 14.7 Å². The minimum atomic E-state index is -0.698. The third-order valence-electron chi connectivity index (χ3n) is 4.81. The van der Waals surface area contributed by atoms with Crippen LogP contribution in [0.5, 0.6) is 5.75 Å². The van der Waals surface area contributed by atoms with Crippen LogP contribution in [0.3, 0.4) is 0 Å². The van der Waals surface area contributed by atoms with Gasteiger partial charge < -0.3 is 14.4 Å². The van der Waals surface area contributed by atoms with E-state index in [1.165, 1.54) is 4.90 Å². The molecule has 2 amide bonds. The summed E-state index contributed by atoms with van der Waals surface area (Å²) in [5, 5.41) is 9.32. The van der Waals surface area contributed by atoms with Crippen LogP contribution in [0.4, 0.5) is 4.79 Å². The van der Waals surface area contributed by atoms with Gasteiger partial charge >= 0.3 is 6.09 Å². The Labute approximate surface area is 165 Å². The van der Waals surface area contributed by atoms with Crippen LogP contribution in [0.1, 0.15) is 40.0 Å². The van der Waals surface area contributed by atoms with Crippen molar-refractivity contribution in [1.29, 1.82) is 5.26 Å². The molecule has 0 bridgehead atoms. The van der Waals surface area contributed by atoms with E-state index < -0.39 is 23.8 Å². The van der Waals surface area contributed by atoms with Crippen molar-refractivity contribution >= 4 is 12.0 Å². The number of hydrogen-bond donors (Lipinski definition) is 0. The molecule has 2 fully saturated rings. The van der Waals surface area contributed by atoms with E-state index in [1.807, 2.05) is 0 Å². The van der Waals surface area contributed by atoms with E-state index in [0.717, 1.165) is 6.42 Å². The first-order valence-corrected chi connectivity index (χ1v) is 9.55. The van der Waals surface area contributed by atoms with E-state index in [2.05, 4.69) is 11.1 Å². The predicted molar refractivity (Wildman–Crippen MR) is 100 cm³/mol. The van der Waals surface area contributed by atoms with Crippen LogP contribution in [0.15, 0.2) is 24.5 Å². The van der Waals surface area contributed by atoms with Crippen molar-refractivity contribution in [3.63, 3.8) is 0 Å². The fraction of sp³-hybridized carbons (Fsp3) is 0.600. The van der Waals surface area contributed by atoms with Crippen LogP contribution >= 0.6 is 0 Å². The molecule has 0 aliphatic carbocycles. The van der Waals surface area contributed by atoms with E-state index in [1.54, 1.807) is 50.2 Å². The van der Waals surface area contributed by atoms with Crippen molar-refractivity contribution in [3.8, 4) is 11.8 Å². The summed E-state index contributed by atoms with van der Waals surface area (Å²) in [6.07, 6.45) is 4.18. The fourth-order valence-electron chi connectivity index (χ4n) is 3.60. The van der Waals surface area contributed by atoms with E-state index >= 15 is 0 Å². The van der Waals surface area contributed by atoms with Gasteiger partial charge in [-0.05, 0) is 45.7 Å². The summed E-state index contributed by atoms with van der Waals surface area (Å²) in [5.41, 5.74) is -0.669. The van der Waals surface area contributed by atoms with Gasteiger partial charge in [-0.1, -0.05) is 0 Å². The highest BCUT2D eigenvalue weighted by molar-refractivity contribution is 5.87. The summed E-state index contributed by atoms with van der Waals surface area (Å²) in [6, 6.07) is 4.52. The third-order valence-corrected chi connectivity index (χ3v) is 4.81. The molecule has 3 atom stereocenters. The molecule has 2 aliphatic rings. The van der Waals surface area contributed by atoms with Gasteiger partial charge in [0.05, 0.1) is 12.6 Å². The van der Waals surface area contributed by atoms with Crippen molar-refractivity contribution < 1.29 is 19.1 Å². The molecule has 2 aliphatic heterocycles. The number of carbonyl (C=O) groups is 2. The molecule has 150 valence electrons. The summed E-state index contributed by atoms with van der Waals surface area (Å²) in [4.78, 5) is 32.9.